The van der Waals surface area contributed by atoms with Gasteiger partial charge in [-0.25, -0.2) is 0 Å². The zero-order valence-electron chi connectivity index (χ0n) is 17.3. The standard InChI is InChI=1S/C26H20N2O4/c1-32-19-14-12-18(13-15-19)27-22(16-11-17-7-3-2-4-8-17)23(26(27)31)28-24(29)20-9-5-6-10-21(20)25(28)30/h2-16,22-23H,1H3/b16-11+/t22-,23+/m0/s1. The van der Waals surface area contributed by atoms with E-state index in [0.29, 0.717) is 22.6 Å². The Morgan fingerprint density at radius 1 is 0.750 bits per heavy atom. The van der Waals surface area contributed by atoms with Gasteiger partial charge in [-0.15, -0.1) is 0 Å². The molecule has 6 heteroatoms. The number of carbonyl (C=O) groups is 3. The van der Waals surface area contributed by atoms with Gasteiger partial charge in [-0.1, -0.05) is 54.6 Å². The van der Waals surface area contributed by atoms with Gasteiger partial charge < -0.3 is 9.64 Å². The number of ether oxygens (including phenoxy) is 1. The second-order valence-corrected chi connectivity index (χ2v) is 7.64. The second-order valence-electron chi connectivity index (χ2n) is 7.64. The van der Waals surface area contributed by atoms with E-state index in [1.54, 1.807) is 60.5 Å². The summed E-state index contributed by atoms with van der Waals surface area (Å²) in [4.78, 5) is 42.0. The van der Waals surface area contributed by atoms with Gasteiger partial charge in [-0.3, -0.25) is 19.3 Å². The van der Waals surface area contributed by atoms with E-state index >= 15 is 0 Å². The molecule has 2 atom stereocenters. The molecule has 0 radical (unpaired) electrons. The molecule has 0 aromatic heterocycles. The summed E-state index contributed by atoms with van der Waals surface area (Å²) in [6, 6.07) is 22.1. The zero-order chi connectivity index (χ0) is 22.2. The number of nitrogens with zero attached hydrogens (tertiary/aromatic N) is 2. The Balaban J connectivity index is 1.51. The van der Waals surface area contributed by atoms with Gasteiger partial charge in [0.1, 0.15) is 11.8 Å². The highest BCUT2D eigenvalue weighted by molar-refractivity contribution is 6.24. The number of hydrogen-bond donors (Lipinski definition) is 0. The highest BCUT2D eigenvalue weighted by Crippen LogP contribution is 2.37. The molecule has 0 unspecified atom stereocenters. The average molecular weight is 424 g/mol. The van der Waals surface area contributed by atoms with Crippen molar-refractivity contribution in [3.63, 3.8) is 0 Å². The van der Waals surface area contributed by atoms with Gasteiger partial charge >= 0.3 is 0 Å². The largest absolute Gasteiger partial charge is 0.497 e. The van der Waals surface area contributed by atoms with Crippen molar-refractivity contribution in [1.29, 1.82) is 0 Å². The van der Waals surface area contributed by atoms with Crippen molar-refractivity contribution in [3.05, 3.63) is 102 Å². The summed E-state index contributed by atoms with van der Waals surface area (Å²) in [6.45, 7) is 0. The first kappa shape index (κ1) is 19.8. The van der Waals surface area contributed by atoms with Crippen molar-refractivity contribution in [3.8, 4) is 5.75 Å². The molecule has 2 aliphatic heterocycles. The Bertz CT molecular complexity index is 1200. The fraction of sp³-hybridized carbons (Fsp3) is 0.115. The van der Waals surface area contributed by atoms with E-state index in [2.05, 4.69) is 0 Å². The third-order valence-electron chi connectivity index (χ3n) is 5.85. The van der Waals surface area contributed by atoms with E-state index in [4.69, 9.17) is 4.74 Å². The fourth-order valence-electron chi connectivity index (χ4n) is 4.23. The summed E-state index contributed by atoms with van der Waals surface area (Å²) in [6.07, 6.45) is 3.77. The van der Waals surface area contributed by atoms with E-state index in [0.717, 1.165) is 10.5 Å². The number of rotatable bonds is 5. The van der Waals surface area contributed by atoms with Gasteiger partial charge in [0, 0.05) is 5.69 Å². The van der Waals surface area contributed by atoms with Crippen LogP contribution in [0.2, 0.25) is 0 Å². The van der Waals surface area contributed by atoms with Crippen LogP contribution in [0.25, 0.3) is 6.08 Å². The van der Waals surface area contributed by atoms with Gasteiger partial charge in [-0.2, -0.15) is 0 Å². The third-order valence-corrected chi connectivity index (χ3v) is 5.85. The molecule has 0 aliphatic carbocycles. The van der Waals surface area contributed by atoms with E-state index in [1.807, 2.05) is 42.5 Å². The molecule has 2 heterocycles. The van der Waals surface area contributed by atoms with E-state index in [-0.39, 0.29) is 5.91 Å². The van der Waals surface area contributed by atoms with E-state index in [9.17, 15) is 14.4 Å². The smallest absolute Gasteiger partial charge is 0.262 e. The lowest BCUT2D eigenvalue weighted by Crippen LogP contribution is -2.71. The molecule has 0 saturated carbocycles. The lowest BCUT2D eigenvalue weighted by atomic mass is 9.91. The van der Waals surface area contributed by atoms with Crippen LogP contribution in [-0.4, -0.2) is 41.8 Å². The number of carbonyl (C=O) groups excluding carboxylic acids is 3. The van der Waals surface area contributed by atoms with Crippen molar-refractivity contribution in [2.75, 3.05) is 12.0 Å². The van der Waals surface area contributed by atoms with Gasteiger partial charge in [0.25, 0.3) is 17.7 Å². The number of hydrogen-bond acceptors (Lipinski definition) is 4. The molecule has 0 N–H and O–H groups in total. The highest BCUT2D eigenvalue weighted by Gasteiger charge is 2.55. The monoisotopic (exact) mass is 424 g/mol. The van der Waals surface area contributed by atoms with Gasteiger partial charge in [0.2, 0.25) is 0 Å². The molecule has 0 spiro atoms. The van der Waals surface area contributed by atoms with Crippen molar-refractivity contribution < 1.29 is 19.1 Å². The molecule has 2 aliphatic rings. The number of imide groups is 1. The Morgan fingerprint density at radius 2 is 1.34 bits per heavy atom. The fourth-order valence-corrected chi connectivity index (χ4v) is 4.23. The van der Waals surface area contributed by atoms with Gasteiger partial charge in [0.05, 0.1) is 24.3 Å². The number of benzene rings is 3. The van der Waals surface area contributed by atoms with Crippen LogP contribution in [-0.2, 0) is 4.79 Å². The normalized spacial score (nSPS) is 20.0. The average Bonchev–Trinajstić information content (AvgIpc) is 3.08. The first-order valence-corrected chi connectivity index (χ1v) is 10.3. The Kier molecular flexibility index (Phi) is 4.82. The van der Waals surface area contributed by atoms with Crippen LogP contribution in [0.15, 0.2) is 84.9 Å². The van der Waals surface area contributed by atoms with Crippen LogP contribution in [0.4, 0.5) is 5.69 Å². The highest BCUT2D eigenvalue weighted by atomic mass is 16.5. The SMILES string of the molecule is COc1ccc(N2C(=O)[C@H](N3C(=O)c4ccccc4C3=O)[C@@H]2/C=C/c2ccccc2)cc1. The zero-order valence-corrected chi connectivity index (χ0v) is 17.3. The van der Waals surface area contributed by atoms with Crippen LogP contribution in [0, 0.1) is 0 Å². The van der Waals surface area contributed by atoms with Crippen molar-refractivity contribution in [1.82, 2.24) is 4.90 Å². The first-order valence-electron chi connectivity index (χ1n) is 10.3. The number of amides is 3. The molecule has 3 aromatic rings. The predicted octanol–water partition coefficient (Wildman–Crippen LogP) is 3.79. The van der Waals surface area contributed by atoms with Crippen LogP contribution in [0.5, 0.6) is 5.75 Å². The summed E-state index contributed by atoms with van der Waals surface area (Å²) in [5.74, 6) is -0.490. The Labute approximate surface area is 185 Å². The number of anilines is 1. The summed E-state index contributed by atoms with van der Waals surface area (Å²) in [7, 11) is 1.58. The summed E-state index contributed by atoms with van der Waals surface area (Å²) in [5.41, 5.74) is 2.30. The second kappa shape index (κ2) is 7.81. The number of methoxy groups -OCH3 is 1. The van der Waals surface area contributed by atoms with Gasteiger partial charge in [0.15, 0.2) is 0 Å². The van der Waals surface area contributed by atoms with Crippen LogP contribution in [0.1, 0.15) is 26.3 Å². The molecule has 3 amide bonds. The minimum Gasteiger partial charge on any atom is -0.497 e. The lowest BCUT2D eigenvalue weighted by Gasteiger charge is -2.48. The van der Waals surface area contributed by atoms with Crippen LogP contribution < -0.4 is 9.64 Å². The summed E-state index contributed by atoms with van der Waals surface area (Å²) >= 11 is 0. The third kappa shape index (κ3) is 3.08. The molecule has 3 aromatic carbocycles. The van der Waals surface area contributed by atoms with E-state index < -0.39 is 23.9 Å². The minimum absolute atomic E-state index is 0.299. The maximum atomic E-state index is 13.3. The molecule has 1 fully saturated rings. The predicted molar refractivity (Wildman–Crippen MR) is 120 cm³/mol. The topological polar surface area (TPSA) is 66.9 Å². The Hall–Kier alpha value is -4.19. The van der Waals surface area contributed by atoms with Crippen molar-refractivity contribution >= 4 is 29.5 Å². The quantitative estimate of drug-likeness (QED) is 0.462. The number of fused-ring (bicyclic) bond motifs is 1. The molecule has 5 rings (SSSR count). The minimum atomic E-state index is -0.899. The molecule has 32 heavy (non-hydrogen) atoms. The molecule has 0 bridgehead atoms. The van der Waals surface area contributed by atoms with Crippen molar-refractivity contribution in [2.24, 2.45) is 0 Å². The summed E-state index contributed by atoms with van der Waals surface area (Å²) in [5, 5.41) is 0. The van der Waals surface area contributed by atoms with Crippen LogP contribution in [0.3, 0.4) is 0 Å². The first-order chi connectivity index (χ1) is 15.6. The molecule has 1 saturated heterocycles. The number of β-lactam (4-membered cyclic amide) rings is 1. The lowest BCUT2D eigenvalue weighted by molar-refractivity contribution is -0.128. The van der Waals surface area contributed by atoms with Gasteiger partial charge in [-0.05, 0) is 42.0 Å². The Morgan fingerprint density at radius 3 is 1.94 bits per heavy atom. The molecular formula is C26H20N2O4. The van der Waals surface area contributed by atoms with Crippen LogP contribution >= 0.6 is 0 Å². The molecule has 158 valence electrons. The molecular weight excluding hydrogens is 404 g/mol. The van der Waals surface area contributed by atoms with Crippen molar-refractivity contribution in [2.45, 2.75) is 12.1 Å². The molecule has 6 nitrogen and oxygen atoms in total. The maximum Gasteiger partial charge on any atom is 0.262 e. The van der Waals surface area contributed by atoms with E-state index in [1.165, 1.54) is 0 Å². The summed E-state index contributed by atoms with van der Waals surface area (Å²) < 4.78 is 5.21. The maximum absolute atomic E-state index is 13.3.